The largest absolute Gasteiger partial charge is 0.508 e. The van der Waals surface area contributed by atoms with Crippen LogP contribution in [0.4, 0.5) is 0 Å². The number of cyclic esters (lactones) is 1. The molecule has 2 aliphatic carbocycles. The molecular weight excluding hydrogens is 456 g/mol. The summed E-state index contributed by atoms with van der Waals surface area (Å²) in [5, 5.41) is 20.2. The van der Waals surface area contributed by atoms with Gasteiger partial charge in [-0.15, -0.1) is 0 Å². The maximum absolute atomic E-state index is 13.5. The summed E-state index contributed by atoms with van der Waals surface area (Å²) in [6, 6.07) is 7.11. The number of hydrogen-bond acceptors (Lipinski definition) is 6. The van der Waals surface area contributed by atoms with Crippen molar-refractivity contribution in [2.24, 2.45) is 29.1 Å². The molecule has 0 saturated carbocycles. The molecule has 36 heavy (non-hydrogen) atoms. The zero-order valence-corrected chi connectivity index (χ0v) is 21.9. The number of rotatable bonds is 7. The number of fused-ring (bicyclic) bond motifs is 1. The fourth-order valence-electron chi connectivity index (χ4n) is 6.14. The average Bonchev–Trinajstić information content (AvgIpc) is 2.79. The highest BCUT2D eigenvalue weighted by atomic mass is 16.6. The lowest BCUT2D eigenvalue weighted by Gasteiger charge is -2.44. The van der Waals surface area contributed by atoms with Crippen LogP contribution in [0.1, 0.15) is 65.4 Å². The lowest BCUT2D eigenvalue weighted by atomic mass is 9.65. The molecule has 7 atom stereocenters. The zero-order valence-electron chi connectivity index (χ0n) is 21.9. The molecule has 3 aliphatic rings. The van der Waals surface area contributed by atoms with Gasteiger partial charge in [0, 0.05) is 12.3 Å². The topological polar surface area (TPSA) is 93.1 Å². The van der Waals surface area contributed by atoms with E-state index in [1.807, 2.05) is 26.0 Å². The van der Waals surface area contributed by atoms with Crippen molar-refractivity contribution in [2.45, 2.75) is 84.5 Å². The summed E-state index contributed by atoms with van der Waals surface area (Å²) >= 11 is 0. The molecule has 0 amide bonds. The molecule has 1 aromatic carbocycles. The molecule has 196 valence electrons. The number of carbonyl (C=O) groups is 2. The predicted molar refractivity (Wildman–Crippen MR) is 137 cm³/mol. The summed E-state index contributed by atoms with van der Waals surface area (Å²) in [5.74, 6) is 0.509. The lowest BCUT2D eigenvalue weighted by molar-refractivity contribution is -0.165. The fraction of sp³-hybridized carbons (Fsp3) is 0.600. The van der Waals surface area contributed by atoms with Crippen LogP contribution >= 0.6 is 0 Å². The van der Waals surface area contributed by atoms with Gasteiger partial charge in [-0.25, -0.2) is 0 Å². The van der Waals surface area contributed by atoms with Gasteiger partial charge in [-0.05, 0) is 74.5 Å². The number of aromatic hydroxyl groups is 1. The minimum atomic E-state index is -0.790. The SMILES string of the molecule is C[C@H]1C=C2C=C[C@H](C)[C@H](CC[C@@H]3C[C@@H](O)CC(=O)O3)[C@H]2[C@@H](OC(=O)C(C)(C)Cc2ccccc2O)C1. The first-order chi connectivity index (χ1) is 17.0. The molecule has 0 bridgehead atoms. The van der Waals surface area contributed by atoms with Crippen molar-refractivity contribution in [1.29, 1.82) is 0 Å². The van der Waals surface area contributed by atoms with Crippen molar-refractivity contribution in [1.82, 2.24) is 0 Å². The molecule has 1 aliphatic heterocycles. The highest BCUT2D eigenvalue weighted by Gasteiger charge is 2.43. The van der Waals surface area contributed by atoms with E-state index in [1.165, 1.54) is 5.57 Å². The number of para-hydroxylation sites is 1. The molecule has 6 heteroatoms. The molecule has 0 unspecified atom stereocenters. The third-order valence-corrected chi connectivity index (χ3v) is 8.09. The van der Waals surface area contributed by atoms with Gasteiger partial charge >= 0.3 is 11.9 Å². The van der Waals surface area contributed by atoms with E-state index < -0.39 is 11.5 Å². The van der Waals surface area contributed by atoms with Crippen LogP contribution in [-0.2, 0) is 25.5 Å². The number of hydrogen-bond donors (Lipinski definition) is 2. The highest BCUT2D eigenvalue weighted by Crippen LogP contribution is 2.45. The number of aliphatic hydroxyl groups is 1. The Morgan fingerprint density at radius 3 is 2.64 bits per heavy atom. The molecule has 2 N–H and O–H groups in total. The Hall–Kier alpha value is -2.60. The van der Waals surface area contributed by atoms with Crippen LogP contribution in [0, 0.1) is 29.1 Å². The number of phenolic OH excluding ortho intramolecular Hbond substituents is 1. The summed E-state index contributed by atoms with van der Waals surface area (Å²) in [6.45, 7) is 8.09. The monoisotopic (exact) mass is 496 g/mol. The third-order valence-electron chi connectivity index (χ3n) is 8.09. The Bertz CT molecular complexity index is 1020. The Balaban J connectivity index is 1.49. The molecule has 1 heterocycles. The number of esters is 2. The summed E-state index contributed by atoms with van der Waals surface area (Å²) in [6.07, 6.45) is 8.77. The Kier molecular flexibility index (Phi) is 7.93. The first kappa shape index (κ1) is 26.5. The van der Waals surface area contributed by atoms with Gasteiger partial charge in [0.05, 0.1) is 17.9 Å². The molecular formula is C30H40O6. The molecule has 4 rings (SSSR count). The van der Waals surface area contributed by atoms with Gasteiger partial charge in [-0.1, -0.05) is 50.3 Å². The van der Waals surface area contributed by atoms with Crippen molar-refractivity contribution in [3.05, 3.63) is 53.6 Å². The summed E-state index contributed by atoms with van der Waals surface area (Å²) in [5.41, 5.74) is 1.16. The molecule has 1 aromatic rings. The van der Waals surface area contributed by atoms with E-state index in [0.717, 1.165) is 18.4 Å². The molecule has 1 fully saturated rings. The van der Waals surface area contributed by atoms with E-state index in [2.05, 4.69) is 32.1 Å². The second-order valence-corrected chi connectivity index (χ2v) is 11.7. The van der Waals surface area contributed by atoms with E-state index in [4.69, 9.17) is 9.47 Å². The first-order valence-corrected chi connectivity index (χ1v) is 13.3. The number of benzene rings is 1. The molecule has 1 saturated heterocycles. The van der Waals surface area contributed by atoms with Gasteiger partial charge < -0.3 is 19.7 Å². The molecule has 0 aromatic heterocycles. The van der Waals surface area contributed by atoms with Gasteiger partial charge in [0.25, 0.3) is 0 Å². The van der Waals surface area contributed by atoms with E-state index in [-0.39, 0.29) is 48.2 Å². The lowest BCUT2D eigenvalue weighted by Crippen LogP contribution is -2.43. The van der Waals surface area contributed by atoms with E-state index in [0.29, 0.717) is 31.1 Å². The van der Waals surface area contributed by atoms with Crippen molar-refractivity contribution < 1.29 is 29.3 Å². The number of allylic oxidation sites excluding steroid dienone is 3. The number of phenols is 1. The van der Waals surface area contributed by atoms with Crippen molar-refractivity contribution in [3.63, 3.8) is 0 Å². The van der Waals surface area contributed by atoms with Gasteiger partial charge in [-0.3, -0.25) is 9.59 Å². The summed E-state index contributed by atoms with van der Waals surface area (Å²) < 4.78 is 11.8. The van der Waals surface area contributed by atoms with Crippen LogP contribution in [0.3, 0.4) is 0 Å². The van der Waals surface area contributed by atoms with Crippen LogP contribution in [0.25, 0.3) is 0 Å². The maximum atomic E-state index is 13.5. The van der Waals surface area contributed by atoms with Crippen LogP contribution in [-0.4, -0.2) is 40.5 Å². The summed E-state index contributed by atoms with van der Waals surface area (Å²) in [4.78, 5) is 25.3. The normalized spacial score (nSPS) is 32.3. The number of aliphatic hydroxyl groups excluding tert-OH is 1. The minimum Gasteiger partial charge on any atom is -0.508 e. The van der Waals surface area contributed by atoms with E-state index >= 15 is 0 Å². The van der Waals surface area contributed by atoms with Crippen LogP contribution < -0.4 is 0 Å². The van der Waals surface area contributed by atoms with Crippen molar-refractivity contribution in [2.75, 3.05) is 0 Å². The van der Waals surface area contributed by atoms with E-state index in [1.54, 1.807) is 12.1 Å². The molecule has 0 radical (unpaired) electrons. The van der Waals surface area contributed by atoms with Crippen LogP contribution in [0.2, 0.25) is 0 Å². The van der Waals surface area contributed by atoms with Gasteiger partial charge in [-0.2, -0.15) is 0 Å². The van der Waals surface area contributed by atoms with E-state index in [9.17, 15) is 19.8 Å². The maximum Gasteiger partial charge on any atom is 0.312 e. The fourth-order valence-corrected chi connectivity index (χ4v) is 6.14. The second-order valence-electron chi connectivity index (χ2n) is 11.7. The Morgan fingerprint density at radius 2 is 1.92 bits per heavy atom. The zero-order chi connectivity index (χ0) is 26.0. The molecule has 0 spiro atoms. The number of ether oxygens (including phenoxy) is 2. The Labute approximate surface area is 214 Å². The van der Waals surface area contributed by atoms with Crippen molar-refractivity contribution in [3.8, 4) is 5.75 Å². The highest BCUT2D eigenvalue weighted by molar-refractivity contribution is 5.76. The third kappa shape index (κ3) is 6.03. The second kappa shape index (κ2) is 10.8. The standard InChI is InChI=1S/C30H40O6/c1-18-13-20-10-9-19(2)24(12-11-23-15-22(31)16-27(33)35-23)28(20)26(14-18)36-29(34)30(3,4)17-21-7-5-6-8-25(21)32/h5-10,13,18-19,22-24,26,28,31-32H,11-12,14-17H2,1-4H3/t18-,19-,22+,23+,24-,26-,28-/m0/s1. The smallest absolute Gasteiger partial charge is 0.312 e. The van der Waals surface area contributed by atoms with Crippen LogP contribution in [0.15, 0.2) is 48.1 Å². The van der Waals surface area contributed by atoms with Gasteiger partial charge in [0.2, 0.25) is 0 Å². The van der Waals surface area contributed by atoms with Gasteiger partial charge in [0.15, 0.2) is 0 Å². The minimum absolute atomic E-state index is 0.0705. The quantitative estimate of drug-likeness (QED) is 0.509. The molecule has 6 nitrogen and oxygen atoms in total. The summed E-state index contributed by atoms with van der Waals surface area (Å²) in [7, 11) is 0. The first-order valence-electron chi connectivity index (χ1n) is 13.3. The van der Waals surface area contributed by atoms with Gasteiger partial charge in [0.1, 0.15) is 18.0 Å². The average molecular weight is 497 g/mol. The predicted octanol–water partition coefficient (Wildman–Crippen LogP) is 5.12. The Morgan fingerprint density at radius 1 is 1.17 bits per heavy atom. The van der Waals surface area contributed by atoms with Crippen molar-refractivity contribution >= 4 is 11.9 Å². The van der Waals surface area contributed by atoms with Crippen LogP contribution in [0.5, 0.6) is 5.75 Å². The number of carbonyl (C=O) groups excluding carboxylic acids is 2.